The molecule has 20 heavy (non-hydrogen) atoms. The minimum atomic E-state index is -0.210. The summed E-state index contributed by atoms with van der Waals surface area (Å²) in [6.07, 6.45) is 2.58. The van der Waals surface area contributed by atoms with E-state index in [1.807, 2.05) is 30.3 Å². The number of nitrogens with two attached hydrogens (primary N) is 1. The molecule has 2 N–H and O–H groups in total. The highest BCUT2D eigenvalue weighted by Crippen LogP contribution is 2.11. The van der Waals surface area contributed by atoms with E-state index >= 15 is 0 Å². The molecule has 0 aliphatic carbocycles. The molecular formula is C17H20FNO. The van der Waals surface area contributed by atoms with Crippen LogP contribution < -0.4 is 10.5 Å². The Morgan fingerprint density at radius 3 is 2.40 bits per heavy atom. The fourth-order valence-corrected chi connectivity index (χ4v) is 2.08. The summed E-state index contributed by atoms with van der Waals surface area (Å²) < 4.78 is 18.4. The lowest BCUT2D eigenvalue weighted by Crippen LogP contribution is -2.23. The van der Waals surface area contributed by atoms with E-state index < -0.39 is 0 Å². The van der Waals surface area contributed by atoms with E-state index in [-0.39, 0.29) is 11.9 Å². The van der Waals surface area contributed by atoms with Gasteiger partial charge in [0.1, 0.15) is 11.6 Å². The Morgan fingerprint density at radius 1 is 1.00 bits per heavy atom. The van der Waals surface area contributed by atoms with E-state index in [1.54, 1.807) is 12.1 Å². The number of hydrogen-bond donors (Lipinski definition) is 1. The Kier molecular flexibility index (Phi) is 5.56. The zero-order valence-corrected chi connectivity index (χ0v) is 11.5. The van der Waals surface area contributed by atoms with Crippen LogP contribution in [0.4, 0.5) is 4.39 Å². The third-order valence-corrected chi connectivity index (χ3v) is 3.14. The molecule has 0 saturated heterocycles. The molecular weight excluding hydrogens is 253 g/mol. The number of ether oxygens (including phenoxy) is 1. The van der Waals surface area contributed by atoms with Gasteiger partial charge in [0.25, 0.3) is 0 Å². The monoisotopic (exact) mass is 273 g/mol. The summed E-state index contributed by atoms with van der Waals surface area (Å²) in [6, 6.07) is 16.4. The first kappa shape index (κ1) is 14.5. The third kappa shape index (κ3) is 5.02. The topological polar surface area (TPSA) is 35.2 Å². The van der Waals surface area contributed by atoms with E-state index in [9.17, 15) is 4.39 Å². The van der Waals surface area contributed by atoms with Gasteiger partial charge in [0.2, 0.25) is 0 Å². The maximum absolute atomic E-state index is 12.8. The Balaban J connectivity index is 1.65. The van der Waals surface area contributed by atoms with Crippen molar-refractivity contribution in [1.82, 2.24) is 0 Å². The Labute approximate surface area is 119 Å². The normalized spacial score (nSPS) is 12.1. The van der Waals surface area contributed by atoms with Crippen molar-refractivity contribution in [2.45, 2.75) is 25.3 Å². The molecule has 0 heterocycles. The molecule has 0 spiro atoms. The minimum absolute atomic E-state index is 0.0832. The maximum Gasteiger partial charge on any atom is 0.123 e. The van der Waals surface area contributed by atoms with Gasteiger partial charge in [-0.1, -0.05) is 30.3 Å². The summed E-state index contributed by atoms with van der Waals surface area (Å²) in [6.45, 7) is 0.668. The lowest BCUT2D eigenvalue weighted by Gasteiger charge is -2.12. The molecule has 0 fully saturated rings. The van der Waals surface area contributed by atoms with E-state index in [1.165, 1.54) is 12.1 Å². The van der Waals surface area contributed by atoms with Crippen LogP contribution in [0.5, 0.6) is 5.75 Å². The summed E-state index contributed by atoms with van der Waals surface area (Å²) in [7, 11) is 0. The lowest BCUT2D eigenvalue weighted by molar-refractivity contribution is 0.301. The molecule has 106 valence electrons. The molecule has 0 saturated carbocycles. The molecule has 1 unspecified atom stereocenters. The molecule has 3 heteroatoms. The first-order valence-electron chi connectivity index (χ1n) is 6.92. The molecule has 0 radical (unpaired) electrons. The molecule has 2 nitrogen and oxygen atoms in total. The summed E-state index contributed by atoms with van der Waals surface area (Å²) in [5, 5.41) is 0. The third-order valence-electron chi connectivity index (χ3n) is 3.14. The zero-order chi connectivity index (χ0) is 14.2. The van der Waals surface area contributed by atoms with Crippen LogP contribution in [0.1, 0.15) is 18.4 Å². The molecule has 0 aliphatic heterocycles. The van der Waals surface area contributed by atoms with E-state index in [2.05, 4.69) is 0 Å². The summed E-state index contributed by atoms with van der Waals surface area (Å²) in [4.78, 5) is 0. The second-order valence-electron chi connectivity index (χ2n) is 4.89. The van der Waals surface area contributed by atoms with Crippen LogP contribution in [0.2, 0.25) is 0 Å². The molecule has 2 aromatic rings. The van der Waals surface area contributed by atoms with Crippen LogP contribution in [-0.4, -0.2) is 12.6 Å². The fourth-order valence-electron chi connectivity index (χ4n) is 2.08. The summed E-state index contributed by atoms with van der Waals surface area (Å²) >= 11 is 0. The molecule has 2 rings (SSSR count). The van der Waals surface area contributed by atoms with E-state index in [0.29, 0.717) is 6.61 Å². The molecule has 1 atom stereocenters. The summed E-state index contributed by atoms with van der Waals surface area (Å²) in [5.74, 6) is 0.679. The standard InChI is InChI=1S/C17H20FNO/c18-15-10-8-14(9-11-15)13-16(19)5-4-12-20-17-6-2-1-3-7-17/h1-3,6-11,16H,4-5,12-13,19H2. The molecule has 0 aliphatic rings. The average Bonchev–Trinajstić information content (AvgIpc) is 2.47. The van der Waals surface area contributed by atoms with Gasteiger partial charge < -0.3 is 10.5 Å². The van der Waals surface area contributed by atoms with Crippen molar-refractivity contribution in [2.24, 2.45) is 5.73 Å². The van der Waals surface area contributed by atoms with Crippen LogP contribution in [0, 0.1) is 5.82 Å². The minimum Gasteiger partial charge on any atom is -0.494 e. The number of rotatable bonds is 7. The molecule has 0 bridgehead atoms. The predicted octanol–water partition coefficient (Wildman–Crippen LogP) is 3.55. The number of para-hydroxylation sites is 1. The SMILES string of the molecule is NC(CCCOc1ccccc1)Cc1ccc(F)cc1. The Morgan fingerprint density at radius 2 is 1.70 bits per heavy atom. The van der Waals surface area contributed by atoms with Gasteiger partial charge in [0.15, 0.2) is 0 Å². The van der Waals surface area contributed by atoms with Crippen LogP contribution in [0.3, 0.4) is 0 Å². The zero-order valence-electron chi connectivity index (χ0n) is 11.5. The van der Waals surface area contributed by atoms with Gasteiger partial charge in [0, 0.05) is 6.04 Å². The highest BCUT2D eigenvalue weighted by atomic mass is 19.1. The van der Waals surface area contributed by atoms with Crippen molar-refractivity contribution >= 4 is 0 Å². The van der Waals surface area contributed by atoms with E-state index in [4.69, 9.17) is 10.5 Å². The first-order valence-corrected chi connectivity index (χ1v) is 6.92. The van der Waals surface area contributed by atoms with Crippen molar-refractivity contribution in [3.05, 3.63) is 66.0 Å². The van der Waals surface area contributed by atoms with Crippen LogP contribution in [0.25, 0.3) is 0 Å². The average molecular weight is 273 g/mol. The van der Waals surface area contributed by atoms with Gasteiger partial charge in [-0.25, -0.2) is 4.39 Å². The number of halogens is 1. The number of benzene rings is 2. The lowest BCUT2D eigenvalue weighted by atomic mass is 10.0. The van der Waals surface area contributed by atoms with Crippen LogP contribution in [-0.2, 0) is 6.42 Å². The maximum atomic E-state index is 12.8. The Bertz CT molecular complexity index is 498. The smallest absolute Gasteiger partial charge is 0.123 e. The van der Waals surface area contributed by atoms with Crippen molar-refractivity contribution in [1.29, 1.82) is 0 Å². The number of hydrogen-bond acceptors (Lipinski definition) is 2. The van der Waals surface area contributed by atoms with Gasteiger partial charge in [-0.2, -0.15) is 0 Å². The second-order valence-corrected chi connectivity index (χ2v) is 4.89. The van der Waals surface area contributed by atoms with Gasteiger partial charge in [-0.15, -0.1) is 0 Å². The van der Waals surface area contributed by atoms with Gasteiger partial charge in [-0.3, -0.25) is 0 Å². The quantitative estimate of drug-likeness (QED) is 0.783. The van der Waals surface area contributed by atoms with Gasteiger partial charge in [-0.05, 0) is 49.1 Å². The molecule has 0 amide bonds. The second kappa shape index (κ2) is 7.65. The molecule has 0 aromatic heterocycles. The Hall–Kier alpha value is -1.87. The van der Waals surface area contributed by atoms with E-state index in [0.717, 1.165) is 30.6 Å². The van der Waals surface area contributed by atoms with Crippen LogP contribution >= 0.6 is 0 Å². The van der Waals surface area contributed by atoms with Crippen molar-refractivity contribution in [3.8, 4) is 5.75 Å². The summed E-state index contributed by atoms with van der Waals surface area (Å²) in [5.41, 5.74) is 7.15. The fraction of sp³-hybridized carbons (Fsp3) is 0.294. The largest absolute Gasteiger partial charge is 0.494 e. The highest BCUT2D eigenvalue weighted by Gasteiger charge is 2.04. The van der Waals surface area contributed by atoms with Gasteiger partial charge >= 0.3 is 0 Å². The molecule has 2 aromatic carbocycles. The highest BCUT2D eigenvalue weighted by molar-refractivity contribution is 5.20. The van der Waals surface area contributed by atoms with Crippen LogP contribution in [0.15, 0.2) is 54.6 Å². The van der Waals surface area contributed by atoms with Gasteiger partial charge in [0.05, 0.1) is 6.61 Å². The van der Waals surface area contributed by atoms with Crippen molar-refractivity contribution in [2.75, 3.05) is 6.61 Å². The van der Waals surface area contributed by atoms with Crippen molar-refractivity contribution < 1.29 is 9.13 Å². The predicted molar refractivity (Wildman–Crippen MR) is 79.3 cm³/mol. The first-order chi connectivity index (χ1) is 9.74. The van der Waals surface area contributed by atoms with Crippen molar-refractivity contribution in [3.63, 3.8) is 0 Å².